The fourth-order valence-corrected chi connectivity index (χ4v) is 1.65. The summed E-state index contributed by atoms with van der Waals surface area (Å²) < 4.78 is 0. The molecule has 0 unspecified atom stereocenters. The molecular weight excluding hydrogens is 192 g/mol. The van der Waals surface area contributed by atoms with Crippen molar-refractivity contribution in [3.8, 4) is 0 Å². The van der Waals surface area contributed by atoms with E-state index in [1.165, 1.54) is 0 Å². The third kappa shape index (κ3) is 1.94. The summed E-state index contributed by atoms with van der Waals surface area (Å²) in [6.45, 7) is 0. The van der Waals surface area contributed by atoms with E-state index in [9.17, 15) is 4.79 Å². The maximum atomic E-state index is 11.1. The molecule has 0 aromatic rings. The first-order chi connectivity index (χ1) is 4.84. The molecule has 0 bridgehead atoms. The Hall–Kier alpha value is -0.110. The van der Waals surface area contributed by atoms with Crippen molar-refractivity contribution >= 4 is 21.7 Å². The molecule has 10 heavy (non-hydrogen) atoms. The summed E-state index contributed by atoms with van der Waals surface area (Å²) in [6.07, 6.45) is 7.32. The van der Waals surface area contributed by atoms with Crippen LogP contribution in [0.25, 0.3) is 0 Å². The first-order valence-corrected chi connectivity index (χ1v) is 4.70. The van der Waals surface area contributed by atoms with Crippen LogP contribution in [0.15, 0.2) is 12.2 Å². The second kappa shape index (κ2) is 3.91. The second-order valence-electron chi connectivity index (χ2n) is 2.58. The van der Waals surface area contributed by atoms with Crippen LogP contribution in [0, 0.1) is 5.92 Å². The van der Waals surface area contributed by atoms with Crippen LogP contribution >= 0.6 is 15.9 Å². The lowest BCUT2D eigenvalue weighted by Gasteiger charge is -2.14. The van der Waals surface area contributed by atoms with Gasteiger partial charge in [-0.3, -0.25) is 4.79 Å². The van der Waals surface area contributed by atoms with Crippen LogP contribution < -0.4 is 0 Å². The van der Waals surface area contributed by atoms with Crippen LogP contribution in [0.4, 0.5) is 0 Å². The molecule has 0 heterocycles. The number of rotatable bonds is 2. The Morgan fingerprint density at radius 2 is 2.40 bits per heavy atom. The van der Waals surface area contributed by atoms with E-state index in [2.05, 4.69) is 28.1 Å². The normalized spacial score (nSPS) is 24.7. The lowest BCUT2D eigenvalue weighted by atomic mass is 9.91. The van der Waals surface area contributed by atoms with Crippen molar-refractivity contribution in [1.82, 2.24) is 0 Å². The molecule has 0 aliphatic heterocycles. The maximum absolute atomic E-state index is 11.1. The Morgan fingerprint density at radius 3 is 2.90 bits per heavy atom. The largest absolute Gasteiger partial charge is 0.298 e. The first-order valence-electron chi connectivity index (χ1n) is 3.58. The molecule has 2 heteroatoms. The molecule has 0 amide bonds. The van der Waals surface area contributed by atoms with Crippen LogP contribution in [0.2, 0.25) is 0 Å². The van der Waals surface area contributed by atoms with Gasteiger partial charge in [-0.2, -0.15) is 0 Å². The monoisotopic (exact) mass is 202 g/mol. The highest BCUT2D eigenvalue weighted by Crippen LogP contribution is 2.19. The Labute approximate surface area is 69.6 Å². The number of hydrogen-bond donors (Lipinski definition) is 0. The van der Waals surface area contributed by atoms with Crippen LogP contribution in [0.5, 0.6) is 0 Å². The number of carbonyl (C=O) groups excluding carboxylic acids is 1. The molecule has 1 aliphatic carbocycles. The number of halogens is 1. The predicted octanol–water partition coefficient (Wildman–Crippen LogP) is 2.31. The van der Waals surface area contributed by atoms with Gasteiger partial charge in [0.15, 0.2) is 0 Å². The fraction of sp³-hybridized carbons (Fsp3) is 0.625. The Balaban J connectivity index is 2.41. The molecule has 1 aliphatic rings. The molecule has 0 aromatic heterocycles. The van der Waals surface area contributed by atoms with E-state index >= 15 is 0 Å². The zero-order valence-corrected chi connectivity index (χ0v) is 7.43. The van der Waals surface area contributed by atoms with Gasteiger partial charge in [0.1, 0.15) is 5.78 Å². The number of carbonyl (C=O) groups is 1. The quantitative estimate of drug-likeness (QED) is 0.497. The summed E-state index contributed by atoms with van der Waals surface area (Å²) in [6, 6.07) is 0. The topological polar surface area (TPSA) is 17.1 Å². The van der Waals surface area contributed by atoms with E-state index in [0.717, 1.165) is 19.3 Å². The third-order valence-electron chi connectivity index (χ3n) is 1.86. The van der Waals surface area contributed by atoms with Gasteiger partial charge in [-0.05, 0) is 19.3 Å². The standard InChI is InChI=1S/C8H11BrO/c9-6-8(10)7-4-2-1-3-5-7/h1-2,7H,3-6H2/t7-/m1/s1. The average molecular weight is 203 g/mol. The molecule has 0 saturated carbocycles. The molecule has 0 N–H and O–H groups in total. The van der Waals surface area contributed by atoms with Crippen LogP contribution in [0.3, 0.4) is 0 Å². The fourth-order valence-electron chi connectivity index (χ4n) is 1.20. The van der Waals surface area contributed by atoms with Crippen molar-refractivity contribution in [1.29, 1.82) is 0 Å². The van der Waals surface area contributed by atoms with Crippen molar-refractivity contribution in [2.75, 3.05) is 5.33 Å². The van der Waals surface area contributed by atoms with Crippen molar-refractivity contribution in [2.24, 2.45) is 5.92 Å². The van der Waals surface area contributed by atoms with Crippen molar-refractivity contribution in [3.63, 3.8) is 0 Å². The number of Topliss-reactive ketones (excluding diaryl/α,β-unsaturated/α-hetero) is 1. The van der Waals surface area contributed by atoms with Crippen molar-refractivity contribution < 1.29 is 4.79 Å². The SMILES string of the molecule is O=C(CBr)[C@@H]1CC=CCC1. The maximum Gasteiger partial charge on any atom is 0.146 e. The summed E-state index contributed by atoms with van der Waals surface area (Å²) in [5.74, 6) is 0.647. The number of hydrogen-bond acceptors (Lipinski definition) is 1. The van der Waals surface area contributed by atoms with Gasteiger partial charge in [-0.1, -0.05) is 28.1 Å². The minimum Gasteiger partial charge on any atom is -0.298 e. The highest BCUT2D eigenvalue weighted by molar-refractivity contribution is 9.09. The molecule has 0 fully saturated rings. The minimum absolute atomic E-state index is 0.296. The van der Waals surface area contributed by atoms with E-state index in [4.69, 9.17) is 0 Å². The smallest absolute Gasteiger partial charge is 0.146 e. The second-order valence-corrected chi connectivity index (χ2v) is 3.14. The summed E-state index contributed by atoms with van der Waals surface area (Å²) in [5, 5.41) is 0.519. The summed E-state index contributed by atoms with van der Waals surface area (Å²) in [4.78, 5) is 11.1. The number of ketones is 1. The molecule has 0 saturated heterocycles. The van der Waals surface area contributed by atoms with Gasteiger partial charge in [0.05, 0.1) is 5.33 Å². The predicted molar refractivity (Wildman–Crippen MR) is 45.3 cm³/mol. The molecular formula is C8H11BrO. The van der Waals surface area contributed by atoms with Gasteiger partial charge in [-0.15, -0.1) is 0 Å². The van der Waals surface area contributed by atoms with Gasteiger partial charge >= 0.3 is 0 Å². The molecule has 56 valence electrons. The van der Waals surface area contributed by atoms with Crippen LogP contribution in [0.1, 0.15) is 19.3 Å². The number of allylic oxidation sites excluding steroid dienone is 2. The van der Waals surface area contributed by atoms with Gasteiger partial charge in [0, 0.05) is 5.92 Å². The van der Waals surface area contributed by atoms with Crippen LogP contribution in [-0.4, -0.2) is 11.1 Å². The third-order valence-corrected chi connectivity index (χ3v) is 2.41. The molecule has 1 atom stereocenters. The first kappa shape index (κ1) is 7.99. The summed E-state index contributed by atoms with van der Waals surface area (Å²) >= 11 is 3.18. The highest BCUT2D eigenvalue weighted by atomic mass is 79.9. The Morgan fingerprint density at radius 1 is 1.60 bits per heavy atom. The van der Waals surface area contributed by atoms with E-state index in [-0.39, 0.29) is 0 Å². The van der Waals surface area contributed by atoms with Crippen LogP contribution in [-0.2, 0) is 4.79 Å². The van der Waals surface area contributed by atoms with Crippen molar-refractivity contribution in [3.05, 3.63) is 12.2 Å². The van der Waals surface area contributed by atoms with E-state index in [1.54, 1.807) is 0 Å². The Bertz CT molecular complexity index is 151. The average Bonchev–Trinajstić information content (AvgIpc) is 2.05. The Kier molecular flexibility index (Phi) is 3.13. The molecule has 0 spiro atoms. The summed E-state index contributed by atoms with van der Waals surface area (Å²) in [5.41, 5.74) is 0. The minimum atomic E-state index is 0.296. The molecule has 1 nitrogen and oxygen atoms in total. The lowest BCUT2D eigenvalue weighted by Crippen LogP contribution is -2.16. The van der Waals surface area contributed by atoms with Gasteiger partial charge in [0.25, 0.3) is 0 Å². The molecule has 0 radical (unpaired) electrons. The highest BCUT2D eigenvalue weighted by Gasteiger charge is 2.16. The van der Waals surface area contributed by atoms with E-state index in [0.29, 0.717) is 17.0 Å². The summed E-state index contributed by atoms with van der Waals surface area (Å²) in [7, 11) is 0. The van der Waals surface area contributed by atoms with Gasteiger partial charge in [-0.25, -0.2) is 0 Å². The van der Waals surface area contributed by atoms with E-state index < -0.39 is 0 Å². The van der Waals surface area contributed by atoms with Gasteiger partial charge in [0.2, 0.25) is 0 Å². The van der Waals surface area contributed by atoms with Crippen molar-refractivity contribution in [2.45, 2.75) is 19.3 Å². The molecule has 0 aromatic carbocycles. The van der Waals surface area contributed by atoms with E-state index in [1.807, 2.05) is 0 Å². The lowest BCUT2D eigenvalue weighted by molar-refractivity contribution is -0.120. The zero-order valence-electron chi connectivity index (χ0n) is 5.85. The molecule has 1 rings (SSSR count). The van der Waals surface area contributed by atoms with Gasteiger partial charge < -0.3 is 0 Å². The zero-order chi connectivity index (χ0) is 7.40. The number of alkyl halides is 1.